The molecule has 9 heteroatoms. The summed E-state index contributed by atoms with van der Waals surface area (Å²) < 4.78 is 25.9. The molecule has 1 aliphatic heterocycles. The van der Waals surface area contributed by atoms with Gasteiger partial charge in [0.05, 0.1) is 29.4 Å². The van der Waals surface area contributed by atoms with Crippen LogP contribution in [0.15, 0.2) is 58.1 Å². The van der Waals surface area contributed by atoms with Crippen LogP contribution in [0.3, 0.4) is 0 Å². The Kier molecular flexibility index (Phi) is 8.47. The zero-order valence-electron chi connectivity index (χ0n) is 20.6. The van der Waals surface area contributed by atoms with E-state index in [0.717, 1.165) is 43.4 Å². The number of nitriles is 2. The SMILES string of the molecule is CCOC(=O)C1=C(CSc2nc3c(cc2C#N)CCCCCC3)OC(N)=C(C#N)C1c1ccccc1F. The highest BCUT2D eigenvalue weighted by atomic mass is 32.2. The Hall–Kier alpha value is -3.82. The highest BCUT2D eigenvalue weighted by molar-refractivity contribution is 7.99. The summed E-state index contributed by atoms with van der Waals surface area (Å²) in [4.78, 5) is 17.9. The molecule has 2 heterocycles. The molecule has 2 aliphatic rings. The van der Waals surface area contributed by atoms with Gasteiger partial charge in [-0.25, -0.2) is 14.2 Å². The first-order chi connectivity index (χ1) is 18.0. The molecule has 37 heavy (non-hydrogen) atoms. The Morgan fingerprint density at radius 3 is 2.68 bits per heavy atom. The molecule has 1 atom stereocenters. The number of pyridine rings is 1. The average molecular weight is 519 g/mol. The van der Waals surface area contributed by atoms with Crippen molar-refractivity contribution in [3.8, 4) is 12.1 Å². The van der Waals surface area contributed by atoms with Gasteiger partial charge in [-0.05, 0) is 50.3 Å². The van der Waals surface area contributed by atoms with Crippen molar-refractivity contribution in [2.45, 2.75) is 56.4 Å². The molecule has 2 aromatic rings. The van der Waals surface area contributed by atoms with Crippen molar-refractivity contribution in [2.24, 2.45) is 5.73 Å². The summed E-state index contributed by atoms with van der Waals surface area (Å²) in [6.07, 6.45) is 6.17. The highest BCUT2D eigenvalue weighted by Crippen LogP contribution is 2.42. The number of hydrogen-bond acceptors (Lipinski definition) is 8. The van der Waals surface area contributed by atoms with Gasteiger partial charge in [0.1, 0.15) is 34.3 Å². The Morgan fingerprint density at radius 2 is 1.97 bits per heavy atom. The summed E-state index contributed by atoms with van der Waals surface area (Å²) in [6.45, 7) is 1.74. The first-order valence-electron chi connectivity index (χ1n) is 12.3. The number of carbonyl (C=O) groups excluding carboxylic acids is 1. The molecule has 0 saturated heterocycles. The minimum absolute atomic E-state index is 0.00922. The summed E-state index contributed by atoms with van der Waals surface area (Å²) in [7, 11) is 0. The van der Waals surface area contributed by atoms with Gasteiger partial charge in [0.25, 0.3) is 0 Å². The molecule has 0 radical (unpaired) electrons. The van der Waals surface area contributed by atoms with Gasteiger partial charge >= 0.3 is 5.97 Å². The minimum Gasteiger partial charge on any atom is -0.463 e. The molecule has 0 spiro atoms. The van der Waals surface area contributed by atoms with Crippen LogP contribution >= 0.6 is 11.8 Å². The molecular formula is C28H27FN4O3S. The molecule has 0 saturated carbocycles. The van der Waals surface area contributed by atoms with Gasteiger partial charge in [0.15, 0.2) is 0 Å². The highest BCUT2D eigenvalue weighted by Gasteiger charge is 2.39. The van der Waals surface area contributed by atoms with E-state index in [0.29, 0.717) is 10.6 Å². The number of halogens is 1. The number of fused-ring (bicyclic) bond motifs is 1. The molecule has 0 bridgehead atoms. The number of aromatic nitrogens is 1. The fourth-order valence-corrected chi connectivity index (χ4v) is 5.59. The maximum Gasteiger partial charge on any atom is 0.338 e. The Bertz CT molecular complexity index is 1360. The lowest BCUT2D eigenvalue weighted by Crippen LogP contribution is -2.27. The largest absolute Gasteiger partial charge is 0.463 e. The molecule has 1 aromatic heterocycles. The van der Waals surface area contributed by atoms with Gasteiger partial charge in [-0.3, -0.25) is 0 Å². The molecule has 1 aromatic carbocycles. The number of thioether (sulfide) groups is 1. The fourth-order valence-electron chi connectivity index (χ4n) is 4.67. The van der Waals surface area contributed by atoms with E-state index in [4.69, 9.17) is 20.2 Å². The van der Waals surface area contributed by atoms with Crippen molar-refractivity contribution < 1.29 is 18.7 Å². The van der Waals surface area contributed by atoms with E-state index in [1.165, 1.54) is 36.4 Å². The summed E-state index contributed by atoms with van der Waals surface area (Å²) >= 11 is 1.24. The maximum atomic E-state index is 14.9. The Morgan fingerprint density at radius 1 is 1.22 bits per heavy atom. The van der Waals surface area contributed by atoms with Crippen LogP contribution in [0.2, 0.25) is 0 Å². The van der Waals surface area contributed by atoms with Crippen LogP contribution in [0.1, 0.15) is 60.9 Å². The number of esters is 1. The molecule has 0 amide bonds. The van der Waals surface area contributed by atoms with Gasteiger partial charge in [-0.1, -0.05) is 42.8 Å². The van der Waals surface area contributed by atoms with Crippen molar-refractivity contribution in [3.63, 3.8) is 0 Å². The first-order valence-corrected chi connectivity index (χ1v) is 13.2. The molecule has 2 N–H and O–H groups in total. The molecule has 7 nitrogen and oxygen atoms in total. The van der Waals surface area contributed by atoms with Gasteiger partial charge in [-0.15, -0.1) is 0 Å². The molecule has 190 valence electrons. The van der Waals surface area contributed by atoms with Crippen LogP contribution in [0, 0.1) is 28.5 Å². The second-order valence-corrected chi connectivity index (χ2v) is 9.73. The van der Waals surface area contributed by atoms with Crippen molar-refractivity contribution >= 4 is 17.7 Å². The number of aryl methyl sites for hydroxylation is 2. The minimum atomic E-state index is -1.09. The van der Waals surface area contributed by atoms with Crippen LogP contribution in [-0.2, 0) is 27.1 Å². The number of nitrogens with zero attached hydrogens (tertiary/aromatic N) is 3. The number of allylic oxidation sites excluding steroid dienone is 1. The summed E-state index contributed by atoms with van der Waals surface area (Å²) in [5.41, 5.74) is 8.69. The smallest absolute Gasteiger partial charge is 0.338 e. The zero-order chi connectivity index (χ0) is 26.4. The molecule has 1 aliphatic carbocycles. The van der Waals surface area contributed by atoms with Gasteiger partial charge in [0, 0.05) is 11.3 Å². The van der Waals surface area contributed by atoms with Crippen molar-refractivity contribution in [2.75, 3.05) is 12.4 Å². The third-order valence-corrected chi connectivity index (χ3v) is 7.43. The monoisotopic (exact) mass is 518 g/mol. The molecular weight excluding hydrogens is 491 g/mol. The lowest BCUT2D eigenvalue weighted by atomic mass is 9.83. The van der Waals surface area contributed by atoms with Gasteiger partial charge in [0.2, 0.25) is 5.88 Å². The maximum absolute atomic E-state index is 14.9. The zero-order valence-corrected chi connectivity index (χ0v) is 21.4. The predicted molar refractivity (Wildman–Crippen MR) is 136 cm³/mol. The number of rotatable bonds is 6. The number of carbonyl (C=O) groups is 1. The van der Waals surface area contributed by atoms with E-state index in [1.54, 1.807) is 13.0 Å². The van der Waals surface area contributed by atoms with Crippen LogP contribution in [-0.4, -0.2) is 23.3 Å². The summed E-state index contributed by atoms with van der Waals surface area (Å²) in [5, 5.41) is 20.1. The molecule has 1 unspecified atom stereocenters. The third-order valence-electron chi connectivity index (χ3n) is 6.43. The topological polar surface area (TPSA) is 122 Å². The lowest BCUT2D eigenvalue weighted by molar-refractivity contribution is -0.139. The second kappa shape index (κ2) is 11.9. The fraction of sp³-hybridized carbons (Fsp3) is 0.357. The van der Waals surface area contributed by atoms with E-state index in [2.05, 4.69) is 6.07 Å². The average Bonchev–Trinajstić information content (AvgIpc) is 2.88. The third kappa shape index (κ3) is 5.63. The standard InChI is InChI=1S/C28H27FN4O3S/c1-2-35-28(34)25-23(36-26(32)20(15-31)24(25)19-10-7-8-11-21(19)29)16-37-27-18(14-30)13-17-9-5-3-4-6-12-22(17)33-27/h7-8,10-11,13,24H,2-6,9,12,16,32H2,1H3. The number of nitrogens with two attached hydrogens (primary N) is 1. The van der Waals surface area contributed by atoms with E-state index in [-0.39, 0.29) is 40.7 Å². The van der Waals surface area contributed by atoms with Crippen molar-refractivity contribution in [1.82, 2.24) is 4.98 Å². The van der Waals surface area contributed by atoms with Crippen molar-refractivity contribution in [3.05, 3.63) is 81.3 Å². The van der Waals surface area contributed by atoms with Crippen LogP contribution < -0.4 is 5.73 Å². The Balaban J connectivity index is 1.76. The molecule has 0 fully saturated rings. The van der Waals surface area contributed by atoms with E-state index in [9.17, 15) is 19.7 Å². The number of ether oxygens (including phenoxy) is 2. The van der Waals surface area contributed by atoms with Crippen molar-refractivity contribution in [1.29, 1.82) is 10.5 Å². The lowest BCUT2D eigenvalue weighted by Gasteiger charge is -2.28. The van der Waals surface area contributed by atoms with E-state index >= 15 is 0 Å². The predicted octanol–water partition coefficient (Wildman–Crippen LogP) is 5.17. The van der Waals surface area contributed by atoms with E-state index < -0.39 is 17.7 Å². The quantitative estimate of drug-likeness (QED) is 0.411. The summed E-state index contributed by atoms with van der Waals surface area (Å²) in [6, 6.07) is 12.0. The normalized spacial score (nSPS) is 17.6. The van der Waals surface area contributed by atoms with E-state index in [1.807, 2.05) is 12.1 Å². The summed E-state index contributed by atoms with van der Waals surface area (Å²) in [5.74, 6) is -2.37. The van der Waals surface area contributed by atoms with Crippen LogP contribution in [0.5, 0.6) is 0 Å². The molecule has 4 rings (SSSR count). The first kappa shape index (κ1) is 26.2. The second-order valence-electron chi connectivity index (χ2n) is 8.77. The Labute approximate surface area is 219 Å². The van der Waals surface area contributed by atoms with Crippen LogP contribution in [0.25, 0.3) is 0 Å². The van der Waals surface area contributed by atoms with Gasteiger partial charge < -0.3 is 15.2 Å². The van der Waals surface area contributed by atoms with Crippen LogP contribution in [0.4, 0.5) is 4.39 Å². The number of benzene rings is 1. The number of hydrogen-bond donors (Lipinski definition) is 1. The van der Waals surface area contributed by atoms with Gasteiger partial charge in [-0.2, -0.15) is 10.5 Å².